The molecule has 56 heavy (non-hydrogen) atoms. The van der Waals surface area contributed by atoms with E-state index in [9.17, 15) is 0 Å². The monoisotopic (exact) mass is 728 g/mol. The third-order valence-electron chi connectivity index (χ3n) is 12.6. The molecule has 0 fully saturated rings. The quantitative estimate of drug-likeness (QED) is 0.159. The number of benzene rings is 10. The largest absolute Gasteiger partial charge is 0.134 e. The van der Waals surface area contributed by atoms with Crippen molar-refractivity contribution in [2.75, 3.05) is 0 Å². The Kier molecular flexibility index (Phi) is 6.66. The lowest BCUT2D eigenvalue weighted by Crippen LogP contribution is -2.15. The molecule has 0 saturated carbocycles. The van der Waals surface area contributed by atoms with E-state index in [0.29, 0.717) is 0 Å². The summed E-state index contributed by atoms with van der Waals surface area (Å²) in [6, 6.07) is 68.0. The van der Waals surface area contributed by atoms with Crippen molar-refractivity contribution in [1.82, 2.24) is 0 Å². The van der Waals surface area contributed by atoms with Crippen LogP contribution >= 0.6 is 11.3 Å². The fraction of sp³-hybridized carbons (Fsp3) is 0.0545. The topological polar surface area (TPSA) is 0 Å². The average Bonchev–Trinajstić information content (AvgIpc) is 3.75. The van der Waals surface area contributed by atoms with Gasteiger partial charge in [-0.25, -0.2) is 0 Å². The van der Waals surface area contributed by atoms with E-state index in [1.807, 2.05) is 11.3 Å². The van der Waals surface area contributed by atoms with Gasteiger partial charge in [-0.2, -0.15) is 0 Å². The van der Waals surface area contributed by atoms with Crippen LogP contribution in [0.15, 0.2) is 182 Å². The molecule has 0 saturated heterocycles. The van der Waals surface area contributed by atoms with Crippen molar-refractivity contribution in [3.05, 3.63) is 193 Å². The van der Waals surface area contributed by atoms with Crippen LogP contribution in [0, 0.1) is 0 Å². The van der Waals surface area contributed by atoms with Crippen molar-refractivity contribution in [3.8, 4) is 44.5 Å². The minimum absolute atomic E-state index is 0.181. The summed E-state index contributed by atoms with van der Waals surface area (Å²) in [7, 11) is 0. The predicted molar refractivity (Wildman–Crippen MR) is 243 cm³/mol. The highest BCUT2D eigenvalue weighted by atomic mass is 32.1. The summed E-state index contributed by atoms with van der Waals surface area (Å²) in [5.41, 5.74) is 13.0. The Balaban J connectivity index is 1.09. The zero-order valence-electron chi connectivity index (χ0n) is 31.2. The first-order chi connectivity index (χ1) is 27.5. The van der Waals surface area contributed by atoms with Crippen molar-refractivity contribution in [2.45, 2.75) is 19.3 Å². The molecular formula is C55H36S. The van der Waals surface area contributed by atoms with Gasteiger partial charge >= 0.3 is 0 Å². The van der Waals surface area contributed by atoms with Crippen LogP contribution in [0.3, 0.4) is 0 Å². The highest BCUT2D eigenvalue weighted by Crippen LogP contribution is 2.58. The Hall–Kier alpha value is -6.54. The third-order valence-corrected chi connectivity index (χ3v) is 13.8. The first kappa shape index (κ1) is 31.8. The highest BCUT2D eigenvalue weighted by molar-refractivity contribution is 7.26. The summed E-state index contributed by atoms with van der Waals surface area (Å²) in [5.74, 6) is 0. The Morgan fingerprint density at radius 3 is 1.57 bits per heavy atom. The van der Waals surface area contributed by atoms with Crippen LogP contribution in [-0.4, -0.2) is 0 Å². The molecule has 0 amide bonds. The van der Waals surface area contributed by atoms with E-state index in [0.717, 1.165) is 0 Å². The SMILES string of the molecule is CC1(C)c2cc(-c3c4ccccc4c(-c4ccc5ccc(-c6ccccc6)cc5c4)c4ccccc34)ccc2-c2c1c1ccccc1c1c2sc2ccccc21. The van der Waals surface area contributed by atoms with Crippen LogP contribution in [0.1, 0.15) is 25.0 Å². The molecule has 0 nitrogen and oxygen atoms in total. The normalized spacial score (nSPS) is 13.3. The number of rotatable bonds is 3. The molecule has 11 aromatic rings. The highest BCUT2D eigenvalue weighted by Gasteiger charge is 2.39. The predicted octanol–water partition coefficient (Wildman–Crippen LogP) is 16.0. The molecule has 0 aliphatic heterocycles. The third kappa shape index (κ3) is 4.41. The summed E-state index contributed by atoms with van der Waals surface area (Å²) >= 11 is 1.95. The molecule has 1 heteroatoms. The maximum Gasteiger partial charge on any atom is 0.0443 e. The van der Waals surface area contributed by atoms with E-state index >= 15 is 0 Å². The second-order valence-corrected chi connectivity index (χ2v) is 17.0. The Morgan fingerprint density at radius 1 is 0.375 bits per heavy atom. The summed E-state index contributed by atoms with van der Waals surface area (Å²) in [4.78, 5) is 0. The smallest absolute Gasteiger partial charge is 0.0443 e. The molecule has 1 aliphatic carbocycles. The molecule has 262 valence electrons. The number of hydrogen-bond donors (Lipinski definition) is 0. The molecule has 0 atom stereocenters. The van der Waals surface area contributed by atoms with Crippen molar-refractivity contribution < 1.29 is 0 Å². The van der Waals surface area contributed by atoms with Gasteiger partial charge < -0.3 is 0 Å². The Morgan fingerprint density at radius 2 is 0.893 bits per heavy atom. The average molecular weight is 729 g/mol. The lowest BCUT2D eigenvalue weighted by atomic mass is 9.78. The van der Waals surface area contributed by atoms with Crippen molar-refractivity contribution >= 4 is 74.6 Å². The Labute approximate surface area is 329 Å². The Bertz CT molecular complexity index is 3380. The van der Waals surface area contributed by atoms with E-state index in [2.05, 4.69) is 196 Å². The van der Waals surface area contributed by atoms with Gasteiger partial charge in [-0.3, -0.25) is 0 Å². The number of thiophene rings is 1. The van der Waals surface area contributed by atoms with Crippen LogP contribution in [0.2, 0.25) is 0 Å². The fourth-order valence-corrected chi connectivity index (χ4v) is 11.4. The first-order valence-electron chi connectivity index (χ1n) is 19.6. The van der Waals surface area contributed by atoms with Crippen molar-refractivity contribution in [3.63, 3.8) is 0 Å². The van der Waals surface area contributed by atoms with Gasteiger partial charge in [0.2, 0.25) is 0 Å². The van der Waals surface area contributed by atoms with Crippen LogP contribution < -0.4 is 0 Å². The lowest BCUT2D eigenvalue weighted by molar-refractivity contribution is 0.667. The molecule has 0 radical (unpaired) electrons. The summed E-state index contributed by atoms with van der Waals surface area (Å²) in [5, 5.41) is 13.1. The molecule has 0 N–H and O–H groups in total. The minimum atomic E-state index is -0.181. The maximum atomic E-state index is 2.53. The standard InChI is InChI=1S/C55H36S/c1-55(2)47-32-37(28-29-45(47)52-53(55)44-21-11-10-20-43(44)51-46-22-12-13-23-48(46)56-54(51)52)50-41-18-8-6-16-39(41)49(40-17-7-9-19-42(40)50)36-27-25-34-24-26-35(30-38(34)31-36)33-14-4-3-5-15-33/h3-32H,1-2H3. The lowest BCUT2D eigenvalue weighted by Gasteiger charge is -2.24. The number of hydrogen-bond acceptors (Lipinski definition) is 1. The van der Waals surface area contributed by atoms with E-state index in [4.69, 9.17) is 0 Å². The molecule has 0 bridgehead atoms. The van der Waals surface area contributed by atoms with Gasteiger partial charge in [-0.15, -0.1) is 11.3 Å². The van der Waals surface area contributed by atoms with Gasteiger partial charge in [0, 0.05) is 31.2 Å². The first-order valence-corrected chi connectivity index (χ1v) is 20.4. The van der Waals surface area contributed by atoms with E-state index in [-0.39, 0.29) is 5.41 Å². The van der Waals surface area contributed by atoms with Gasteiger partial charge in [0.25, 0.3) is 0 Å². The molecule has 12 rings (SSSR count). The van der Waals surface area contributed by atoms with Crippen molar-refractivity contribution in [2.24, 2.45) is 0 Å². The minimum Gasteiger partial charge on any atom is -0.134 e. The van der Waals surface area contributed by atoms with E-state index in [1.54, 1.807) is 0 Å². The fourth-order valence-electron chi connectivity index (χ4n) is 10.1. The van der Waals surface area contributed by atoms with Crippen LogP contribution in [0.25, 0.3) is 108 Å². The molecule has 0 unspecified atom stereocenters. The summed E-state index contributed by atoms with van der Waals surface area (Å²) < 4.78 is 2.76. The molecule has 0 spiro atoms. The van der Waals surface area contributed by atoms with Gasteiger partial charge in [0.1, 0.15) is 0 Å². The summed E-state index contributed by atoms with van der Waals surface area (Å²) in [6.45, 7) is 4.88. The van der Waals surface area contributed by atoms with Gasteiger partial charge in [0.15, 0.2) is 0 Å². The molecule has 1 aliphatic rings. The maximum absolute atomic E-state index is 2.53. The molecule has 1 aromatic heterocycles. The zero-order valence-corrected chi connectivity index (χ0v) is 32.0. The van der Waals surface area contributed by atoms with Crippen LogP contribution in [0.4, 0.5) is 0 Å². The van der Waals surface area contributed by atoms with Gasteiger partial charge in [0.05, 0.1) is 0 Å². The zero-order chi connectivity index (χ0) is 37.1. The molecule has 10 aromatic carbocycles. The second-order valence-electron chi connectivity index (χ2n) is 16.0. The van der Waals surface area contributed by atoms with Gasteiger partial charge in [-0.1, -0.05) is 172 Å². The van der Waals surface area contributed by atoms with Crippen LogP contribution in [0.5, 0.6) is 0 Å². The second kappa shape index (κ2) is 11.7. The summed E-state index contributed by atoms with van der Waals surface area (Å²) in [6.07, 6.45) is 0. The van der Waals surface area contributed by atoms with E-state index in [1.165, 1.54) is 119 Å². The molecule has 1 heterocycles. The van der Waals surface area contributed by atoms with E-state index < -0.39 is 0 Å². The molecular weight excluding hydrogens is 693 g/mol. The van der Waals surface area contributed by atoms with Crippen LogP contribution in [-0.2, 0) is 5.41 Å². The van der Waals surface area contributed by atoms with Crippen molar-refractivity contribution in [1.29, 1.82) is 0 Å². The number of fused-ring (bicyclic) bond motifs is 13. The van der Waals surface area contributed by atoms with Gasteiger partial charge in [-0.05, 0) is 117 Å².